The van der Waals surface area contributed by atoms with Crippen LogP contribution in [0.1, 0.15) is 21.6 Å². The molecule has 0 spiro atoms. The Labute approximate surface area is 146 Å². The van der Waals surface area contributed by atoms with Crippen LogP contribution in [-0.4, -0.2) is 20.9 Å². The highest BCUT2D eigenvalue weighted by Crippen LogP contribution is 2.22. The average Bonchev–Trinajstić information content (AvgIpc) is 2.62. The summed E-state index contributed by atoms with van der Waals surface area (Å²) < 4.78 is 5.73. The van der Waals surface area contributed by atoms with Crippen LogP contribution < -0.4 is 11.3 Å². The van der Waals surface area contributed by atoms with E-state index >= 15 is 0 Å². The van der Waals surface area contributed by atoms with E-state index in [1.165, 1.54) is 36.5 Å². The Balaban J connectivity index is 2.27. The summed E-state index contributed by atoms with van der Waals surface area (Å²) in [6, 6.07) is 6.93. The quantitative estimate of drug-likeness (QED) is 0.540. The molecule has 0 saturated carbocycles. The average molecular weight is 354 g/mol. The summed E-state index contributed by atoms with van der Waals surface area (Å²) in [5.41, 5.74) is 7.08. The van der Waals surface area contributed by atoms with Crippen molar-refractivity contribution in [1.29, 1.82) is 0 Å². The van der Waals surface area contributed by atoms with Crippen molar-refractivity contribution in [2.24, 2.45) is 10.7 Å². The van der Waals surface area contributed by atoms with Crippen molar-refractivity contribution in [3.8, 4) is 0 Å². The fraction of sp³-hybridized carbons (Fsp3) is 0.118. The van der Waals surface area contributed by atoms with Crippen molar-refractivity contribution in [2.75, 3.05) is 0 Å². The summed E-state index contributed by atoms with van der Waals surface area (Å²) in [7, 11) is 0. The number of carbonyl (C=O) groups is 1. The van der Waals surface area contributed by atoms with Crippen molar-refractivity contribution in [3.63, 3.8) is 0 Å². The van der Waals surface area contributed by atoms with Gasteiger partial charge < -0.3 is 15.3 Å². The number of fused-ring (bicyclic) bond motifs is 1. The second-order valence-electron chi connectivity index (χ2n) is 5.48. The molecule has 0 atom stereocenters. The second kappa shape index (κ2) is 6.73. The third-order valence-electron chi connectivity index (χ3n) is 3.78. The molecule has 0 saturated heterocycles. The zero-order valence-corrected chi connectivity index (χ0v) is 13.7. The Bertz CT molecular complexity index is 1090. The van der Waals surface area contributed by atoms with Crippen molar-refractivity contribution >= 4 is 28.3 Å². The van der Waals surface area contributed by atoms with Gasteiger partial charge in [-0.05, 0) is 25.1 Å². The first-order valence-corrected chi connectivity index (χ1v) is 7.53. The number of hydrogen-bond acceptors (Lipinski definition) is 7. The highest BCUT2D eigenvalue weighted by atomic mass is 16.6. The van der Waals surface area contributed by atoms with Crippen LogP contribution in [0.25, 0.3) is 11.0 Å². The molecule has 3 N–H and O–H groups in total. The minimum Gasteiger partial charge on any atom is -0.436 e. The van der Waals surface area contributed by atoms with E-state index in [0.717, 1.165) is 0 Å². The normalized spacial score (nSPS) is 11.7. The number of rotatable bonds is 4. The predicted octanol–water partition coefficient (Wildman–Crippen LogP) is 1.87. The van der Waals surface area contributed by atoms with E-state index in [9.17, 15) is 20.0 Å². The lowest BCUT2D eigenvalue weighted by atomic mass is 10.1. The molecule has 26 heavy (non-hydrogen) atoms. The largest absolute Gasteiger partial charge is 0.436 e. The molecule has 0 aliphatic heterocycles. The number of aryl methyl sites for hydroxylation is 1. The van der Waals surface area contributed by atoms with Gasteiger partial charge in [0.05, 0.1) is 22.9 Å². The minimum absolute atomic E-state index is 0.0242. The fourth-order valence-electron chi connectivity index (χ4n) is 2.44. The summed E-state index contributed by atoms with van der Waals surface area (Å²) in [6.07, 6.45) is 1.49. The maximum atomic E-state index is 11.8. The third kappa shape index (κ3) is 3.15. The molecule has 3 rings (SSSR count). The van der Waals surface area contributed by atoms with Gasteiger partial charge >= 0.3 is 0 Å². The molecular formula is C17H14N4O5. The van der Waals surface area contributed by atoms with Crippen molar-refractivity contribution in [2.45, 2.75) is 13.5 Å². The molecular weight excluding hydrogens is 340 g/mol. The monoisotopic (exact) mass is 354 g/mol. The number of nitro benzene ring substituents is 1. The van der Waals surface area contributed by atoms with Gasteiger partial charge in [-0.2, -0.15) is 0 Å². The molecule has 2 aromatic heterocycles. The van der Waals surface area contributed by atoms with E-state index in [4.69, 9.17) is 10.2 Å². The SMILES string of the molecule is Cc1ncc(CO)c2cc(C(N)=O)c(=Nc3ccc([N+](=O)[O-])cc3)oc12. The van der Waals surface area contributed by atoms with E-state index in [2.05, 4.69) is 9.98 Å². The summed E-state index contributed by atoms with van der Waals surface area (Å²) in [5.74, 6) is -0.755. The zero-order valence-electron chi connectivity index (χ0n) is 13.7. The lowest BCUT2D eigenvalue weighted by Crippen LogP contribution is -2.22. The van der Waals surface area contributed by atoms with Gasteiger partial charge in [-0.25, -0.2) is 4.99 Å². The van der Waals surface area contributed by atoms with Gasteiger partial charge in [-0.3, -0.25) is 19.9 Å². The lowest BCUT2D eigenvalue weighted by Gasteiger charge is -2.07. The van der Waals surface area contributed by atoms with Crippen LogP contribution in [-0.2, 0) is 6.61 Å². The van der Waals surface area contributed by atoms with Crippen LogP contribution in [0, 0.1) is 17.0 Å². The van der Waals surface area contributed by atoms with Gasteiger partial charge in [0.2, 0.25) is 5.55 Å². The van der Waals surface area contributed by atoms with E-state index in [-0.39, 0.29) is 23.4 Å². The topological polar surface area (TPSA) is 145 Å². The van der Waals surface area contributed by atoms with E-state index in [1.54, 1.807) is 6.92 Å². The Morgan fingerprint density at radius 3 is 2.65 bits per heavy atom. The molecule has 0 aliphatic carbocycles. The number of nitrogens with two attached hydrogens (primary N) is 1. The van der Waals surface area contributed by atoms with Gasteiger partial charge in [0, 0.05) is 29.3 Å². The number of amides is 1. The van der Waals surface area contributed by atoms with E-state index in [1.807, 2.05) is 0 Å². The van der Waals surface area contributed by atoms with Gasteiger partial charge in [0.25, 0.3) is 11.6 Å². The Morgan fingerprint density at radius 2 is 2.08 bits per heavy atom. The number of pyridine rings is 1. The number of nitrogens with zero attached hydrogens (tertiary/aromatic N) is 3. The number of nitro groups is 1. The van der Waals surface area contributed by atoms with Crippen LogP contribution in [0.4, 0.5) is 11.4 Å². The molecule has 0 aliphatic rings. The molecule has 0 radical (unpaired) electrons. The third-order valence-corrected chi connectivity index (χ3v) is 3.78. The van der Waals surface area contributed by atoms with Crippen LogP contribution in [0.15, 0.2) is 45.9 Å². The minimum atomic E-state index is -0.755. The second-order valence-corrected chi connectivity index (χ2v) is 5.48. The van der Waals surface area contributed by atoms with Crippen molar-refractivity contribution in [1.82, 2.24) is 4.98 Å². The van der Waals surface area contributed by atoms with E-state index < -0.39 is 10.8 Å². The van der Waals surface area contributed by atoms with Crippen molar-refractivity contribution in [3.05, 3.63) is 69.0 Å². The Hall–Kier alpha value is -3.59. The summed E-state index contributed by atoms with van der Waals surface area (Å²) in [5, 5.41) is 20.7. The molecule has 132 valence electrons. The number of aliphatic hydroxyl groups is 1. The Kier molecular flexibility index (Phi) is 4.46. The van der Waals surface area contributed by atoms with Gasteiger partial charge in [-0.1, -0.05) is 0 Å². The van der Waals surface area contributed by atoms with Crippen LogP contribution >= 0.6 is 0 Å². The molecule has 9 heteroatoms. The van der Waals surface area contributed by atoms with Crippen LogP contribution in [0.5, 0.6) is 0 Å². The number of aromatic nitrogens is 1. The highest BCUT2D eigenvalue weighted by molar-refractivity contribution is 5.96. The van der Waals surface area contributed by atoms with Gasteiger partial charge in [0.1, 0.15) is 5.56 Å². The molecule has 3 aromatic rings. The molecule has 1 amide bonds. The highest BCUT2D eigenvalue weighted by Gasteiger charge is 2.14. The van der Waals surface area contributed by atoms with E-state index in [0.29, 0.717) is 27.9 Å². The lowest BCUT2D eigenvalue weighted by molar-refractivity contribution is -0.384. The predicted molar refractivity (Wildman–Crippen MR) is 91.5 cm³/mol. The Morgan fingerprint density at radius 1 is 1.38 bits per heavy atom. The summed E-state index contributed by atoms with van der Waals surface area (Å²) >= 11 is 0. The molecule has 0 bridgehead atoms. The number of carbonyl (C=O) groups excluding carboxylic acids is 1. The van der Waals surface area contributed by atoms with Gasteiger partial charge in [-0.15, -0.1) is 0 Å². The molecule has 0 fully saturated rings. The molecule has 1 aromatic carbocycles. The zero-order chi connectivity index (χ0) is 18.8. The standard InChI is InChI=1S/C17H14N4O5/c1-9-15-13(10(8-22)7-19-9)6-14(16(18)23)17(26-15)20-11-2-4-12(5-3-11)21(24)25/h2-7,22H,8H2,1H3,(H2,18,23). The first kappa shape index (κ1) is 17.2. The number of aliphatic hydroxyl groups excluding tert-OH is 1. The summed E-state index contributed by atoms with van der Waals surface area (Å²) in [6.45, 7) is 1.43. The molecule has 0 unspecified atom stereocenters. The number of non-ortho nitro benzene ring substituents is 1. The molecule has 9 nitrogen and oxygen atoms in total. The van der Waals surface area contributed by atoms with Crippen LogP contribution in [0.3, 0.4) is 0 Å². The first-order chi connectivity index (χ1) is 12.4. The van der Waals surface area contributed by atoms with Gasteiger partial charge in [0.15, 0.2) is 5.58 Å². The first-order valence-electron chi connectivity index (χ1n) is 7.53. The van der Waals surface area contributed by atoms with Crippen LogP contribution in [0.2, 0.25) is 0 Å². The summed E-state index contributed by atoms with van der Waals surface area (Å²) in [4.78, 5) is 30.4. The van der Waals surface area contributed by atoms with Crippen molar-refractivity contribution < 1.29 is 19.2 Å². The maximum Gasteiger partial charge on any atom is 0.269 e. The fourth-order valence-corrected chi connectivity index (χ4v) is 2.44. The number of hydrogen-bond donors (Lipinski definition) is 2. The molecule has 2 heterocycles. The number of primary amides is 1. The number of benzene rings is 1. The smallest absolute Gasteiger partial charge is 0.269 e. The maximum absolute atomic E-state index is 11.8.